The van der Waals surface area contributed by atoms with E-state index in [1.165, 1.54) is 4.90 Å². The third-order valence-corrected chi connectivity index (χ3v) is 2.71. The van der Waals surface area contributed by atoms with Crippen molar-refractivity contribution in [2.45, 2.75) is 12.2 Å². The average molecular weight is 358 g/mol. The Hall–Kier alpha value is -2.85. The Labute approximate surface area is 144 Å². The standard InChI is InChI=1S/C11H16N2O2.C4H6O6/c1-12(2)9-6-5-7-10(8-9)15-11(14)13(3)4;5-1(3(7)8)2(6)4(9)10/h5-8H,1-4H3;1-2,5-6H,(H,7,8)(H,9,10). The Morgan fingerprint density at radius 2 is 1.44 bits per heavy atom. The minimum absolute atomic E-state index is 0.370. The van der Waals surface area contributed by atoms with Crippen LogP contribution in [0.1, 0.15) is 0 Å². The van der Waals surface area contributed by atoms with Crippen molar-refractivity contribution >= 4 is 23.7 Å². The molecule has 1 aromatic rings. The van der Waals surface area contributed by atoms with Gasteiger partial charge in [-0.3, -0.25) is 0 Å². The van der Waals surface area contributed by atoms with Crippen LogP contribution in [0.5, 0.6) is 5.75 Å². The molecule has 2 atom stereocenters. The Balaban J connectivity index is 0.000000504. The molecule has 0 radical (unpaired) electrons. The van der Waals surface area contributed by atoms with Gasteiger partial charge in [-0.15, -0.1) is 0 Å². The van der Waals surface area contributed by atoms with Crippen molar-refractivity contribution < 1.29 is 39.5 Å². The number of hydrogen-bond donors (Lipinski definition) is 4. The van der Waals surface area contributed by atoms with E-state index in [-0.39, 0.29) is 6.09 Å². The molecule has 0 aliphatic carbocycles. The van der Waals surface area contributed by atoms with Gasteiger partial charge in [0.25, 0.3) is 0 Å². The lowest BCUT2D eigenvalue weighted by atomic mass is 10.2. The molecule has 0 bridgehead atoms. The van der Waals surface area contributed by atoms with Gasteiger partial charge in [0.05, 0.1) is 0 Å². The molecule has 1 amide bonds. The lowest BCUT2D eigenvalue weighted by molar-refractivity contribution is -0.165. The fourth-order valence-electron chi connectivity index (χ4n) is 1.29. The van der Waals surface area contributed by atoms with E-state index in [0.29, 0.717) is 5.75 Å². The van der Waals surface area contributed by atoms with Crippen molar-refractivity contribution in [2.24, 2.45) is 0 Å². The number of hydrogen-bond acceptors (Lipinski definition) is 7. The summed E-state index contributed by atoms with van der Waals surface area (Å²) in [4.78, 5) is 34.2. The van der Waals surface area contributed by atoms with E-state index in [9.17, 15) is 14.4 Å². The molecule has 10 nitrogen and oxygen atoms in total. The normalized spacial score (nSPS) is 12.1. The van der Waals surface area contributed by atoms with Gasteiger partial charge in [-0.25, -0.2) is 14.4 Å². The quantitative estimate of drug-likeness (QED) is 0.556. The van der Waals surface area contributed by atoms with Crippen LogP contribution in [0.25, 0.3) is 0 Å². The zero-order valence-electron chi connectivity index (χ0n) is 14.3. The minimum atomic E-state index is -2.27. The highest BCUT2D eigenvalue weighted by molar-refractivity contribution is 5.83. The van der Waals surface area contributed by atoms with Gasteiger partial charge < -0.3 is 35.0 Å². The topological polar surface area (TPSA) is 148 Å². The number of nitrogens with zero attached hydrogens (tertiary/aromatic N) is 2. The number of benzene rings is 1. The van der Waals surface area contributed by atoms with Crippen molar-refractivity contribution in [3.05, 3.63) is 24.3 Å². The number of carbonyl (C=O) groups excluding carboxylic acids is 1. The molecule has 140 valence electrons. The molecule has 10 heteroatoms. The summed E-state index contributed by atoms with van der Waals surface area (Å²) in [6.07, 6.45) is -4.90. The lowest BCUT2D eigenvalue weighted by Gasteiger charge is -2.14. The molecule has 0 spiro atoms. The van der Waals surface area contributed by atoms with Crippen LogP contribution in [0.15, 0.2) is 24.3 Å². The van der Waals surface area contributed by atoms with Crippen molar-refractivity contribution in [2.75, 3.05) is 33.1 Å². The lowest BCUT2D eigenvalue weighted by Crippen LogP contribution is -2.39. The van der Waals surface area contributed by atoms with Crippen molar-refractivity contribution in [3.8, 4) is 5.75 Å². The molecule has 0 aliphatic rings. The van der Waals surface area contributed by atoms with Crippen LogP contribution in [-0.4, -0.2) is 83.8 Å². The summed E-state index contributed by atoms with van der Waals surface area (Å²) in [7, 11) is 7.18. The molecule has 0 saturated heterocycles. The molecule has 25 heavy (non-hydrogen) atoms. The Bertz CT molecular complexity index is 585. The predicted molar refractivity (Wildman–Crippen MR) is 87.8 cm³/mol. The monoisotopic (exact) mass is 358 g/mol. The van der Waals surface area contributed by atoms with E-state index in [0.717, 1.165) is 5.69 Å². The highest BCUT2D eigenvalue weighted by Crippen LogP contribution is 2.19. The summed E-state index contributed by atoms with van der Waals surface area (Å²) >= 11 is 0. The third-order valence-electron chi connectivity index (χ3n) is 2.71. The number of amides is 1. The number of carboxylic acid groups (broad SMARTS) is 2. The third kappa shape index (κ3) is 7.99. The smallest absolute Gasteiger partial charge is 0.414 e. The molecule has 0 saturated carbocycles. The first-order chi connectivity index (χ1) is 11.5. The number of carbonyl (C=O) groups is 3. The number of ether oxygens (including phenoxy) is 1. The van der Waals surface area contributed by atoms with E-state index in [2.05, 4.69) is 0 Å². The zero-order valence-corrected chi connectivity index (χ0v) is 14.3. The second kappa shape index (κ2) is 10.1. The molecule has 0 heterocycles. The summed E-state index contributed by atoms with van der Waals surface area (Å²) in [5.74, 6) is -2.98. The summed E-state index contributed by atoms with van der Waals surface area (Å²) in [6, 6.07) is 7.39. The second-order valence-corrected chi connectivity index (χ2v) is 5.22. The number of aliphatic carboxylic acids is 2. The molecule has 0 aromatic heterocycles. The SMILES string of the molecule is CN(C)C(=O)Oc1cccc(N(C)C)c1.O=C(O)C(O)C(O)C(=O)O. The summed E-state index contributed by atoms with van der Waals surface area (Å²) in [6.45, 7) is 0. The van der Waals surface area contributed by atoms with E-state index in [4.69, 9.17) is 25.2 Å². The van der Waals surface area contributed by atoms with Crippen molar-refractivity contribution in [1.29, 1.82) is 0 Å². The van der Waals surface area contributed by atoms with E-state index < -0.39 is 24.1 Å². The van der Waals surface area contributed by atoms with Gasteiger partial charge in [0, 0.05) is 39.9 Å². The fraction of sp³-hybridized carbons (Fsp3) is 0.400. The Kier molecular flexibility index (Phi) is 8.95. The summed E-state index contributed by atoms with van der Waals surface area (Å²) in [5.41, 5.74) is 0.999. The first-order valence-electron chi connectivity index (χ1n) is 6.95. The number of carboxylic acids is 2. The maximum Gasteiger partial charge on any atom is 0.414 e. The van der Waals surface area contributed by atoms with Gasteiger partial charge in [0.15, 0.2) is 12.2 Å². The molecular weight excluding hydrogens is 336 g/mol. The van der Waals surface area contributed by atoms with Crippen molar-refractivity contribution in [1.82, 2.24) is 4.90 Å². The maximum atomic E-state index is 11.3. The number of anilines is 1. The fourth-order valence-corrected chi connectivity index (χ4v) is 1.29. The van der Waals surface area contributed by atoms with Crippen molar-refractivity contribution in [3.63, 3.8) is 0 Å². The molecule has 4 N–H and O–H groups in total. The molecule has 0 fully saturated rings. The predicted octanol–water partition coefficient (Wildman–Crippen LogP) is -0.310. The van der Waals surface area contributed by atoms with Crippen LogP contribution in [-0.2, 0) is 9.59 Å². The van der Waals surface area contributed by atoms with Gasteiger partial charge in [-0.05, 0) is 12.1 Å². The molecule has 1 aromatic carbocycles. The first-order valence-corrected chi connectivity index (χ1v) is 6.95. The van der Waals surface area contributed by atoms with Gasteiger partial charge >= 0.3 is 18.0 Å². The first kappa shape index (κ1) is 22.1. The van der Waals surface area contributed by atoms with Crippen LogP contribution in [0, 0.1) is 0 Å². The second-order valence-electron chi connectivity index (χ2n) is 5.22. The zero-order chi connectivity index (χ0) is 19.7. The van der Waals surface area contributed by atoms with Crippen LogP contribution in [0.4, 0.5) is 10.5 Å². The number of aliphatic hydroxyl groups excluding tert-OH is 2. The Morgan fingerprint density at radius 1 is 0.960 bits per heavy atom. The largest absolute Gasteiger partial charge is 0.479 e. The summed E-state index contributed by atoms with van der Waals surface area (Å²) < 4.78 is 5.13. The Morgan fingerprint density at radius 3 is 1.80 bits per heavy atom. The number of rotatable bonds is 5. The average Bonchev–Trinajstić information content (AvgIpc) is 2.53. The molecular formula is C15H22N2O8. The van der Waals surface area contributed by atoms with Gasteiger partial charge in [0.2, 0.25) is 0 Å². The van der Waals surface area contributed by atoms with Gasteiger partial charge in [-0.2, -0.15) is 0 Å². The van der Waals surface area contributed by atoms with Crippen LogP contribution < -0.4 is 9.64 Å². The van der Waals surface area contributed by atoms with Crippen LogP contribution in [0.2, 0.25) is 0 Å². The van der Waals surface area contributed by atoms with E-state index in [1.54, 1.807) is 20.2 Å². The van der Waals surface area contributed by atoms with E-state index in [1.807, 2.05) is 37.2 Å². The molecule has 0 aliphatic heterocycles. The summed E-state index contributed by atoms with van der Waals surface area (Å²) in [5, 5.41) is 32.5. The van der Waals surface area contributed by atoms with Gasteiger partial charge in [-0.1, -0.05) is 6.07 Å². The van der Waals surface area contributed by atoms with E-state index >= 15 is 0 Å². The van der Waals surface area contributed by atoms with Gasteiger partial charge in [0.1, 0.15) is 5.75 Å². The highest BCUT2D eigenvalue weighted by Gasteiger charge is 2.29. The number of aliphatic hydroxyl groups is 2. The van der Waals surface area contributed by atoms with Crippen LogP contribution >= 0.6 is 0 Å². The maximum absolute atomic E-state index is 11.3. The molecule has 2 unspecified atom stereocenters. The van der Waals surface area contributed by atoms with Crippen LogP contribution in [0.3, 0.4) is 0 Å². The molecule has 1 rings (SSSR count). The minimum Gasteiger partial charge on any atom is -0.479 e. The highest BCUT2D eigenvalue weighted by atomic mass is 16.6.